The topological polar surface area (TPSA) is 48.1 Å². The number of carbonyl (C=O) groups is 1. The Morgan fingerprint density at radius 1 is 1.50 bits per heavy atom. The highest BCUT2D eigenvalue weighted by atomic mass is 28.4. The van der Waals surface area contributed by atoms with Gasteiger partial charge in [0.1, 0.15) is 18.3 Å². The number of rotatable bonds is 6. The maximum Gasteiger partial charge on any atom is 0.302 e. The Hall–Kier alpha value is -0.833. The van der Waals surface area contributed by atoms with Gasteiger partial charge in [-0.05, 0) is 18.1 Å². The van der Waals surface area contributed by atoms with Gasteiger partial charge in [0.15, 0.2) is 8.32 Å². The van der Waals surface area contributed by atoms with Crippen LogP contribution in [0.5, 0.6) is 0 Å². The highest BCUT2D eigenvalue weighted by molar-refractivity contribution is 6.74. The summed E-state index contributed by atoms with van der Waals surface area (Å²) in [5, 5.41) is 0.0924. The molecule has 1 aliphatic rings. The highest BCUT2D eigenvalue weighted by Gasteiger charge is 2.41. The predicted octanol–water partition coefficient (Wildman–Crippen LogP) is 2.73. The molecule has 1 saturated heterocycles. The third-order valence-corrected chi connectivity index (χ3v) is 8.45. The summed E-state index contributed by atoms with van der Waals surface area (Å²) < 4.78 is 16.7. The van der Waals surface area contributed by atoms with E-state index in [1.807, 2.05) is 0 Å². The molecule has 1 fully saturated rings. The number of epoxide rings is 1. The van der Waals surface area contributed by atoms with Crippen molar-refractivity contribution in [3.8, 4) is 12.3 Å². The first-order valence-corrected chi connectivity index (χ1v) is 9.90. The number of hydrogen-bond donors (Lipinski definition) is 0. The van der Waals surface area contributed by atoms with Gasteiger partial charge in [-0.2, -0.15) is 0 Å². The lowest BCUT2D eigenvalue weighted by atomic mass is 10.1. The van der Waals surface area contributed by atoms with Gasteiger partial charge in [-0.15, -0.1) is 6.42 Å². The van der Waals surface area contributed by atoms with Gasteiger partial charge in [-0.25, -0.2) is 0 Å². The van der Waals surface area contributed by atoms with Crippen molar-refractivity contribution < 1.29 is 18.7 Å². The lowest BCUT2D eigenvalue weighted by molar-refractivity contribution is -0.148. The summed E-state index contributed by atoms with van der Waals surface area (Å²) in [6.45, 7) is 12.8. The second-order valence-corrected chi connectivity index (χ2v) is 11.5. The van der Waals surface area contributed by atoms with E-state index < -0.39 is 8.32 Å². The molecule has 4 nitrogen and oxygen atoms in total. The molecule has 0 aromatic rings. The molecule has 0 aliphatic carbocycles. The van der Waals surface area contributed by atoms with Gasteiger partial charge in [0, 0.05) is 13.3 Å². The molecule has 0 amide bonds. The largest absolute Gasteiger partial charge is 0.460 e. The molecule has 20 heavy (non-hydrogen) atoms. The van der Waals surface area contributed by atoms with Crippen molar-refractivity contribution in [2.45, 2.75) is 70.6 Å². The molecule has 0 radical (unpaired) electrons. The molecule has 0 aromatic carbocycles. The van der Waals surface area contributed by atoms with Crippen LogP contribution in [-0.4, -0.2) is 39.2 Å². The minimum Gasteiger partial charge on any atom is -0.460 e. The van der Waals surface area contributed by atoms with Crippen LogP contribution in [-0.2, 0) is 18.7 Å². The van der Waals surface area contributed by atoms with Crippen LogP contribution in [0.4, 0.5) is 0 Å². The molecule has 0 spiro atoms. The Labute approximate surface area is 123 Å². The third-order valence-electron chi connectivity index (χ3n) is 3.97. The van der Waals surface area contributed by atoms with E-state index >= 15 is 0 Å². The van der Waals surface area contributed by atoms with E-state index in [9.17, 15) is 4.79 Å². The van der Waals surface area contributed by atoms with E-state index in [1.165, 1.54) is 6.92 Å². The van der Waals surface area contributed by atoms with Gasteiger partial charge in [0.25, 0.3) is 0 Å². The lowest BCUT2D eigenvalue weighted by Crippen LogP contribution is -2.44. The van der Waals surface area contributed by atoms with Crippen LogP contribution in [0.3, 0.4) is 0 Å². The smallest absolute Gasteiger partial charge is 0.302 e. The Balaban J connectivity index is 2.66. The zero-order chi connectivity index (χ0) is 15.6. The van der Waals surface area contributed by atoms with Crippen molar-refractivity contribution in [1.29, 1.82) is 0 Å². The number of esters is 1. The summed E-state index contributed by atoms with van der Waals surface area (Å²) >= 11 is 0. The number of terminal acetylenes is 1. The van der Waals surface area contributed by atoms with Crippen LogP contribution in [0, 0.1) is 12.3 Å². The molecule has 1 aliphatic heterocycles. The first kappa shape index (κ1) is 17.2. The molecule has 5 heteroatoms. The fourth-order valence-corrected chi connectivity index (χ4v) is 2.88. The molecule has 0 N–H and O–H groups in total. The third kappa shape index (κ3) is 4.93. The van der Waals surface area contributed by atoms with Crippen molar-refractivity contribution in [3.63, 3.8) is 0 Å². The molecule has 1 heterocycles. The minimum absolute atomic E-state index is 0.0298. The molecule has 0 saturated carbocycles. The summed E-state index contributed by atoms with van der Waals surface area (Å²) in [5.41, 5.74) is 0. The maximum absolute atomic E-state index is 11.1. The Morgan fingerprint density at radius 2 is 2.05 bits per heavy atom. The molecular weight excluding hydrogens is 272 g/mol. The fourth-order valence-electron chi connectivity index (χ4n) is 1.65. The monoisotopic (exact) mass is 298 g/mol. The number of hydrogen-bond acceptors (Lipinski definition) is 4. The van der Waals surface area contributed by atoms with Crippen molar-refractivity contribution in [3.05, 3.63) is 0 Å². The molecule has 114 valence electrons. The zero-order valence-corrected chi connectivity index (χ0v) is 14.4. The molecule has 0 bridgehead atoms. The molecular formula is C15H26O4Si. The summed E-state index contributed by atoms with van der Waals surface area (Å²) in [5.74, 6) is 2.37. The summed E-state index contributed by atoms with van der Waals surface area (Å²) in [4.78, 5) is 11.1. The van der Waals surface area contributed by atoms with Gasteiger partial charge in [-0.1, -0.05) is 26.7 Å². The quantitative estimate of drug-likeness (QED) is 0.327. The van der Waals surface area contributed by atoms with Crippen molar-refractivity contribution in [2.24, 2.45) is 0 Å². The SMILES string of the molecule is C#CC(CC(OC(C)=O)C1CO1)O[Si](C)(C)C(C)(C)C. The standard InChI is InChI=1S/C15H26O4Si/c1-8-12(19-20(6,7)15(3,4)5)9-13(14-10-17-14)18-11(2)16/h1,12-14H,9-10H2,2-7H3. The van der Waals surface area contributed by atoms with Crippen LogP contribution < -0.4 is 0 Å². The van der Waals surface area contributed by atoms with Crippen LogP contribution in [0.25, 0.3) is 0 Å². The minimum atomic E-state index is -1.93. The Morgan fingerprint density at radius 3 is 2.40 bits per heavy atom. The molecule has 0 aromatic heterocycles. The van der Waals surface area contributed by atoms with Crippen LogP contribution in [0.1, 0.15) is 34.1 Å². The Bertz CT molecular complexity index is 388. The van der Waals surface area contributed by atoms with E-state index in [2.05, 4.69) is 39.8 Å². The van der Waals surface area contributed by atoms with Crippen molar-refractivity contribution in [2.75, 3.05) is 6.61 Å². The normalized spacial score (nSPS) is 21.8. The summed E-state index contributed by atoms with van der Waals surface area (Å²) in [6, 6.07) is 0. The van der Waals surface area contributed by atoms with E-state index in [-0.39, 0.29) is 29.3 Å². The highest BCUT2D eigenvalue weighted by Crippen LogP contribution is 2.38. The predicted molar refractivity (Wildman–Crippen MR) is 80.8 cm³/mol. The average molecular weight is 298 g/mol. The van der Waals surface area contributed by atoms with Gasteiger partial charge in [0.2, 0.25) is 0 Å². The van der Waals surface area contributed by atoms with Gasteiger partial charge in [0.05, 0.1) is 6.61 Å². The lowest BCUT2D eigenvalue weighted by Gasteiger charge is -2.38. The van der Waals surface area contributed by atoms with Gasteiger partial charge < -0.3 is 13.9 Å². The van der Waals surface area contributed by atoms with Crippen LogP contribution >= 0.6 is 0 Å². The van der Waals surface area contributed by atoms with Crippen molar-refractivity contribution >= 4 is 14.3 Å². The van der Waals surface area contributed by atoms with Crippen LogP contribution in [0.15, 0.2) is 0 Å². The number of carbonyl (C=O) groups excluding carboxylic acids is 1. The number of ether oxygens (including phenoxy) is 2. The average Bonchev–Trinajstić information content (AvgIpc) is 3.08. The van der Waals surface area contributed by atoms with E-state index in [0.717, 1.165) is 0 Å². The van der Waals surface area contributed by atoms with E-state index in [1.54, 1.807) is 0 Å². The van der Waals surface area contributed by atoms with Crippen LogP contribution in [0.2, 0.25) is 18.1 Å². The first-order chi connectivity index (χ1) is 9.06. The summed E-state index contributed by atoms with van der Waals surface area (Å²) in [7, 11) is -1.93. The second-order valence-electron chi connectivity index (χ2n) is 6.79. The zero-order valence-electron chi connectivity index (χ0n) is 13.4. The maximum atomic E-state index is 11.1. The van der Waals surface area contributed by atoms with E-state index in [4.69, 9.17) is 20.3 Å². The molecule has 3 atom stereocenters. The van der Waals surface area contributed by atoms with Gasteiger partial charge >= 0.3 is 5.97 Å². The molecule has 3 unspecified atom stereocenters. The second kappa shape index (κ2) is 6.29. The first-order valence-electron chi connectivity index (χ1n) is 6.99. The van der Waals surface area contributed by atoms with Crippen molar-refractivity contribution in [1.82, 2.24) is 0 Å². The fraction of sp³-hybridized carbons (Fsp3) is 0.800. The van der Waals surface area contributed by atoms with Gasteiger partial charge in [-0.3, -0.25) is 4.79 Å². The Kier molecular flexibility index (Phi) is 5.42. The van der Waals surface area contributed by atoms with E-state index in [0.29, 0.717) is 13.0 Å². The molecule has 1 rings (SSSR count). The summed E-state index contributed by atoms with van der Waals surface area (Å²) in [6.07, 6.45) is 5.40.